The summed E-state index contributed by atoms with van der Waals surface area (Å²) >= 11 is 0. The van der Waals surface area contributed by atoms with Gasteiger partial charge in [0.25, 0.3) is 0 Å². The van der Waals surface area contributed by atoms with E-state index >= 15 is 0 Å². The average Bonchev–Trinajstić information content (AvgIpc) is 2.47. The number of likely N-dealkylation sites (N-methyl/N-ethyl adjacent to an activating group) is 1. The molecular formula is C17H34N2. The molecule has 0 aromatic rings. The van der Waals surface area contributed by atoms with Crippen molar-refractivity contribution in [3.05, 3.63) is 0 Å². The molecule has 0 aromatic heterocycles. The van der Waals surface area contributed by atoms with E-state index in [4.69, 9.17) is 0 Å². The first-order valence-corrected chi connectivity index (χ1v) is 8.57. The summed E-state index contributed by atoms with van der Waals surface area (Å²) in [6.07, 6.45) is 14.5. The Hall–Kier alpha value is -0.0800. The van der Waals surface area contributed by atoms with Crippen LogP contribution in [0, 0.1) is 0 Å². The van der Waals surface area contributed by atoms with E-state index in [1.807, 2.05) is 0 Å². The number of hydrogen-bond donors (Lipinski definition) is 1. The molecule has 2 aliphatic carbocycles. The van der Waals surface area contributed by atoms with E-state index in [-0.39, 0.29) is 5.54 Å². The van der Waals surface area contributed by atoms with E-state index in [0.29, 0.717) is 0 Å². The quantitative estimate of drug-likeness (QED) is 0.810. The van der Waals surface area contributed by atoms with Crippen molar-refractivity contribution in [1.82, 2.24) is 10.2 Å². The summed E-state index contributed by atoms with van der Waals surface area (Å²) in [7, 11) is 2.11. The van der Waals surface area contributed by atoms with Crippen molar-refractivity contribution < 1.29 is 0 Å². The van der Waals surface area contributed by atoms with Crippen LogP contribution < -0.4 is 5.32 Å². The first-order valence-electron chi connectivity index (χ1n) is 8.57. The van der Waals surface area contributed by atoms with E-state index in [0.717, 1.165) is 12.1 Å². The van der Waals surface area contributed by atoms with Gasteiger partial charge >= 0.3 is 0 Å². The molecule has 2 saturated carbocycles. The van der Waals surface area contributed by atoms with E-state index in [9.17, 15) is 0 Å². The van der Waals surface area contributed by atoms with Gasteiger partial charge in [0.05, 0.1) is 0 Å². The van der Waals surface area contributed by atoms with Crippen molar-refractivity contribution in [2.24, 2.45) is 0 Å². The molecule has 0 saturated heterocycles. The lowest BCUT2D eigenvalue weighted by atomic mass is 9.87. The predicted octanol–water partition coefficient (Wildman–Crippen LogP) is 3.95. The van der Waals surface area contributed by atoms with Crippen molar-refractivity contribution in [2.45, 2.75) is 95.7 Å². The van der Waals surface area contributed by atoms with Gasteiger partial charge in [0.15, 0.2) is 0 Å². The van der Waals surface area contributed by atoms with Crippen molar-refractivity contribution in [3.63, 3.8) is 0 Å². The SMILES string of the molecule is CNC(C)(C)CN(C1CCCCC1)C1CCCCC1. The molecule has 0 aromatic carbocycles. The third-order valence-corrected chi connectivity index (χ3v) is 5.34. The van der Waals surface area contributed by atoms with Crippen molar-refractivity contribution in [2.75, 3.05) is 13.6 Å². The van der Waals surface area contributed by atoms with E-state index < -0.39 is 0 Å². The highest BCUT2D eigenvalue weighted by Crippen LogP contribution is 2.31. The fourth-order valence-corrected chi connectivity index (χ4v) is 3.92. The molecule has 0 bridgehead atoms. The zero-order valence-electron chi connectivity index (χ0n) is 13.4. The molecule has 0 atom stereocenters. The molecule has 2 rings (SSSR count). The van der Waals surface area contributed by atoms with Gasteiger partial charge in [-0.2, -0.15) is 0 Å². The van der Waals surface area contributed by atoms with Crippen LogP contribution in [-0.2, 0) is 0 Å². The van der Waals surface area contributed by atoms with Crippen LogP contribution in [0.2, 0.25) is 0 Å². The van der Waals surface area contributed by atoms with E-state index in [1.54, 1.807) is 0 Å². The number of rotatable bonds is 5. The molecule has 2 aliphatic rings. The topological polar surface area (TPSA) is 15.3 Å². The highest BCUT2D eigenvalue weighted by atomic mass is 15.2. The van der Waals surface area contributed by atoms with Crippen LogP contribution in [0.15, 0.2) is 0 Å². The predicted molar refractivity (Wildman–Crippen MR) is 83.6 cm³/mol. The van der Waals surface area contributed by atoms with Crippen LogP contribution in [-0.4, -0.2) is 36.1 Å². The van der Waals surface area contributed by atoms with Gasteiger partial charge in [0.1, 0.15) is 0 Å². The monoisotopic (exact) mass is 266 g/mol. The molecule has 0 spiro atoms. The molecule has 2 fully saturated rings. The van der Waals surface area contributed by atoms with Crippen LogP contribution in [0.25, 0.3) is 0 Å². The van der Waals surface area contributed by atoms with Crippen LogP contribution in [0.4, 0.5) is 0 Å². The summed E-state index contributed by atoms with van der Waals surface area (Å²) < 4.78 is 0. The number of hydrogen-bond acceptors (Lipinski definition) is 2. The maximum Gasteiger partial charge on any atom is 0.0249 e. The summed E-state index contributed by atoms with van der Waals surface area (Å²) in [4.78, 5) is 2.90. The van der Waals surface area contributed by atoms with Crippen molar-refractivity contribution in [1.29, 1.82) is 0 Å². The lowest BCUT2D eigenvalue weighted by Crippen LogP contribution is -2.54. The van der Waals surface area contributed by atoms with Gasteiger partial charge in [-0.25, -0.2) is 0 Å². The smallest absolute Gasteiger partial charge is 0.0249 e. The van der Waals surface area contributed by atoms with Crippen LogP contribution in [0.1, 0.15) is 78.1 Å². The second-order valence-electron chi connectivity index (χ2n) is 7.39. The average molecular weight is 266 g/mol. The standard InChI is InChI=1S/C17H34N2/c1-17(2,18-3)14-19(15-10-6-4-7-11-15)16-12-8-5-9-13-16/h15-16,18H,4-14H2,1-3H3. The Balaban J connectivity index is 2.02. The molecule has 19 heavy (non-hydrogen) atoms. The molecule has 2 nitrogen and oxygen atoms in total. The third kappa shape index (κ3) is 4.46. The fraction of sp³-hybridized carbons (Fsp3) is 1.00. The lowest BCUT2D eigenvalue weighted by molar-refractivity contribution is 0.0571. The third-order valence-electron chi connectivity index (χ3n) is 5.34. The van der Waals surface area contributed by atoms with Gasteiger partial charge in [0.2, 0.25) is 0 Å². The second-order valence-corrected chi connectivity index (χ2v) is 7.39. The molecule has 0 unspecified atom stereocenters. The summed E-state index contributed by atoms with van der Waals surface area (Å²) in [5.41, 5.74) is 0.245. The number of nitrogens with zero attached hydrogens (tertiary/aromatic N) is 1. The Kier molecular flexibility index (Phi) is 5.70. The Labute approximate surface area is 120 Å². The van der Waals surface area contributed by atoms with Gasteiger partial charge < -0.3 is 5.32 Å². The highest BCUT2D eigenvalue weighted by molar-refractivity contribution is 4.89. The first-order chi connectivity index (χ1) is 9.12. The zero-order chi connectivity index (χ0) is 13.7. The molecule has 0 amide bonds. The first kappa shape index (κ1) is 15.3. The Bertz CT molecular complexity index is 232. The summed E-state index contributed by atoms with van der Waals surface area (Å²) in [5.74, 6) is 0. The minimum Gasteiger partial charge on any atom is -0.314 e. The lowest BCUT2D eigenvalue weighted by Gasteiger charge is -2.45. The fourth-order valence-electron chi connectivity index (χ4n) is 3.92. The van der Waals surface area contributed by atoms with E-state index in [1.165, 1.54) is 70.8 Å². The van der Waals surface area contributed by atoms with Crippen molar-refractivity contribution in [3.8, 4) is 0 Å². The zero-order valence-corrected chi connectivity index (χ0v) is 13.4. The maximum atomic E-state index is 3.51. The molecule has 112 valence electrons. The Morgan fingerprint density at radius 3 is 1.63 bits per heavy atom. The van der Waals surface area contributed by atoms with E-state index in [2.05, 4.69) is 31.1 Å². The summed E-state index contributed by atoms with van der Waals surface area (Å²) in [5, 5.41) is 3.51. The highest BCUT2D eigenvalue weighted by Gasteiger charge is 2.32. The van der Waals surface area contributed by atoms with Gasteiger partial charge in [-0.05, 0) is 46.6 Å². The minimum absolute atomic E-state index is 0.245. The van der Waals surface area contributed by atoms with Gasteiger partial charge in [0, 0.05) is 24.2 Å². The summed E-state index contributed by atoms with van der Waals surface area (Å²) in [6.45, 7) is 5.93. The van der Waals surface area contributed by atoms with Gasteiger partial charge in [-0.15, -0.1) is 0 Å². The van der Waals surface area contributed by atoms with Crippen molar-refractivity contribution >= 4 is 0 Å². The summed E-state index contributed by atoms with van der Waals surface area (Å²) in [6, 6.07) is 1.73. The van der Waals surface area contributed by atoms with Crippen LogP contribution in [0.3, 0.4) is 0 Å². The molecule has 0 radical (unpaired) electrons. The largest absolute Gasteiger partial charge is 0.314 e. The molecule has 2 heteroatoms. The van der Waals surface area contributed by atoms with Crippen LogP contribution in [0.5, 0.6) is 0 Å². The molecule has 0 aliphatic heterocycles. The minimum atomic E-state index is 0.245. The normalized spacial score (nSPS) is 24.0. The molecule has 1 N–H and O–H groups in total. The maximum absolute atomic E-state index is 3.51. The van der Waals surface area contributed by atoms with Gasteiger partial charge in [-0.3, -0.25) is 4.90 Å². The van der Waals surface area contributed by atoms with Crippen LogP contribution >= 0.6 is 0 Å². The Morgan fingerprint density at radius 2 is 1.26 bits per heavy atom. The Morgan fingerprint density at radius 1 is 0.842 bits per heavy atom. The van der Waals surface area contributed by atoms with Gasteiger partial charge in [-0.1, -0.05) is 38.5 Å². The molecule has 0 heterocycles. The number of nitrogens with one attached hydrogen (secondary N) is 1. The molecular weight excluding hydrogens is 232 g/mol. The second kappa shape index (κ2) is 7.08.